The molecule has 148 valence electrons. The lowest BCUT2D eigenvalue weighted by atomic mass is 10.1. The maximum absolute atomic E-state index is 13.1. The fourth-order valence-electron chi connectivity index (χ4n) is 2.85. The van der Waals surface area contributed by atoms with E-state index in [1.165, 1.54) is 6.07 Å². The molecule has 0 radical (unpaired) electrons. The number of rotatable bonds is 5. The Balaban J connectivity index is 1.37. The Labute approximate surface area is 160 Å². The molecule has 1 aromatic heterocycles. The lowest BCUT2D eigenvalue weighted by Crippen LogP contribution is -2.49. The normalized spacial score (nSPS) is 14.4. The van der Waals surface area contributed by atoms with Crippen molar-refractivity contribution < 1.29 is 18.4 Å². The smallest absolute Gasteiger partial charge is 0.315 e. The first kappa shape index (κ1) is 19.5. The molecule has 0 saturated carbocycles. The fourth-order valence-corrected chi connectivity index (χ4v) is 2.85. The molecule has 1 saturated heterocycles. The number of piperidine rings is 1. The molecule has 1 aromatic carbocycles. The molecule has 0 unspecified atom stereocenters. The number of anilines is 2. The number of hydrogen-bond donors (Lipinski definition) is 3. The van der Waals surface area contributed by atoms with Crippen molar-refractivity contribution >= 4 is 23.6 Å². The quantitative estimate of drug-likeness (QED) is 0.721. The van der Waals surface area contributed by atoms with E-state index in [1.54, 1.807) is 18.5 Å². The van der Waals surface area contributed by atoms with E-state index in [2.05, 4.69) is 25.9 Å². The molecule has 1 fully saturated rings. The van der Waals surface area contributed by atoms with Gasteiger partial charge in [0.25, 0.3) is 0 Å². The molecule has 1 aliphatic rings. The molecule has 3 N–H and O–H groups in total. The molecule has 1 aliphatic heterocycles. The van der Waals surface area contributed by atoms with Crippen LogP contribution in [0.4, 0.5) is 25.2 Å². The summed E-state index contributed by atoms with van der Waals surface area (Å²) in [5.74, 6) is -1.94. The van der Waals surface area contributed by atoms with Gasteiger partial charge in [0.05, 0.1) is 6.54 Å². The van der Waals surface area contributed by atoms with E-state index in [4.69, 9.17) is 0 Å². The molecule has 2 aromatic rings. The number of carbonyl (C=O) groups excluding carboxylic acids is 2. The van der Waals surface area contributed by atoms with Crippen LogP contribution in [0.1, 0.15) is 12.8 Å². The van der Waals surface area contributed by atoms with Gasteiger partial charge in [-0.25, -0.2) is 23.5 Å². The average molecular weight is 390 g/mol. The maximum atomic E-state index is 13.1. The van der Waals surface area contributed by atoms with Crippen molar-refractivity contribution in [3.63, 3.8) is 0 Å². The van der Waals surface area contributed by atoms with Crippen LogP contribution in [-0.4, -0.2) is 47.6 Å². The third-order valence-electron chi connectivity index (χ3n) is 4.28. The van der Waals surface area contributed by atoms with Crippen LogP contribution in [0.3, 0.4) is 0 Å². The van der Waals surface area contributed by atoms with Gasteiger partial charge >= 0.3 is 6.03 Å². The second-order valence-corrected chi connectivity index (χ2v) is 6.31. The second kappa shape index (κ2) is 9.07. The summed E-state index contributed by atoms with van der Waals surface area (Å²) < 4.78 is 26.0. The summed E-state index contributed by atoms with van der Waals surface area (Å²) in [6, 6.07) is 4.30. The Morgan fingerprint density at radius 3 is 2.50 bits per heavy atom. The van der Waals surface area contributed by atoms with Crippen molar-refractivity contribution in [2.75, 3.05) is 29.9 Å². The number of nitrogens with zero attached hydrogens (tertiary/aromatic N) is 3. The predicted octanol–water partition coefficient (Wildman–Crippen LogP) is 1.66. The Hall–Kier alpha value is -3.30. The van der Waals surface area contributed by atoms with E-state index < -0.39 is 23.6 Å². The number of carbonyl (C=O) groups is 2. The van der Waals surface area contributed by atoms with Gasteiger partial charge in [0.15, 0.2) is 11.6 Å². The minimum atomic E-state index is -1.06. The monoisotopic (exact) mass is 390 g/mol. The van der Waals surface area contributed by atoms with Crippen LogP contribution in [0.15, 0.2) is 36.7 Å². The highest BCUT2D eigenvalue weighted by Crippen LogP contribution is 2.15. The molecule has 0 bridgehead atoms. The molecular formula is C18H20F2N6O2. The maximum Gasteiger partial charge on any atom is 0.315 e. The summed E-state index contributed by atoms with van der Waals surface area (Å²) in [4.78, 5) is 34.2. The molecule has 3 rings (SSSR count). The molecule has 8 nitrogen and oxygen atoms in total. The molecular weight excluding hydrogens is 370 g/mol. The van der Waals surface area contributed by atoms with Gasteiger partial charge in [0, 0.05) is 43.3 Å². The fraction of sp³-hybridized carbons (Fsp3) is 0.333. The van der Waals surface area contributed by atoms with Crippen molar-refractivity contribution in [3.8, 4) is 0 Å². The van der Waals surface area contributed by atoms with Gasteiger partial charge in [-0.2, -0.15) is 0 Å². The zero-order valence-electron chi connectivity index (χ0n) is 15.0. The summed E-state index contributed by atoms with van der Waals surface area (Å²) in [6.07, 6.45) is 4.83. The van der Waals surface area contributed by atoms with Crippen molar-refractivity contribution in [2.45, 2.75) is 18.9 Å². The van der Waals surface area contributed by atoms with Crippen LogP contribution < -0.4 is 20.9 Å². The van der Waals surface area contributed by atoms with Crippen molar-refractivity contribution in [2.24, 2.45) is 0 Å². The van der Waals surface area contributed by atoms with E-state index in [0.717, 1.165) is 25.0 Å². The van der Waals surface area contributed by atoms with Gasteiger partial charge in [-0.15, -0.1) is 0 Å². The van der Waals surface area contributed by atoms with E-state index in [9.17, 15) is 18.4 Å². The van der Waals surface area contributed by atoms with Crippen LogP contribution >= 0.6 is 0 Å². The predicted molar refractivity (Wildman–Crippen MR) is 98.8 cm³/mol. The highest BCUT2D eigenvalue weighted by molar-refractivity contribution is 5.94. The van der Waals surface area contributed by atoms with Gasteiger partial charge in [-0.1, -0.05) is 0 Å². The number of urea groups is 1. The van der Waals surface area contributed by atoms with Crippen LogP contribution in [0, 0.1) is 11.6 Å². The molecule has 28 heavy (non-hydrogen) atoms. The van der Waals surface area contributed by atoms with Crippen molar-refractivity contribution in [1.29, 1.82) is 0 Å². The lowest BCUT2D eigenvalue weighted by molar-refractivity contribution is -0.115. The van der Waals surface area contributed by atoms with Gasteiger partial charge in [-0.05, 0) is 31.0 Å². The summed E-state index contributed by atoms with van der Waals surface area (Å²) in [7, 11) is 0. The van der Waals surface area contributed by atoms with Gasteiger partial charge in [0.2, 0.25) is 11.9 Å². The topological polar surface area (TPSA) is 99.3 Å². The Morgan fingerprint density at radius 1 is 1.11 bits per heavy atom. The second-order valence-electron chi connectivity index (χ2n) is 6.31. The number of halogens is 2. The molecule has 10 heteroatoms. The zero-order chi connectivity index (χ0) is 19.9. The van der Waals surface area contributed by atoms with Crippen molar-refractivity contribution in [3.05, 3.63) is 48.3 Å². The van der Waals surface area contributed by atoms with Gasteiger partial charge in [0.1, 0.15) is 0 Å². The molecule has 0 aliphatic carbocycles. The minimum Gasteiger partial charge on any atom is -0.341 e. The summed E-state index contributed by atoms with van der Waals surface area (Å²) in [5, 5.41) is 7.65. The van der Waals surface area contributed by atoms with Gasteiger partial charge < -0.3 is 20.9 Å². The number of hydrogen-bond acceptors (Lipinski definition) is 5. The molecule has 2 heterocycles. The van der Waals surface area contributed by atoms with Gasteiger partial charge in [-0.3, -0.25) is 4.79 Å². The third kappa shape index (κ3) is 5.35. The van der Waals surface area contributed by atoms with Crippen LogP contribution in [0.25, 0.3) is 0 Å². The number of benzene rings is 1. The SMILES string of the molecule is O=C(CNC(=O)NC1CCN(c2ncccn2)CC1)Nc1ccc(F)c(F)c1. The standard InChI is InChI=1S/C18H20F2N6O2/c19-14-3-2-13(10-15(14)20)24-16(27)11-23-18(28)25-12-4-8-26(9-5-12)17-21-6-1-7-22-17/h1-3,6-7,10,12H,4-5,8-9,11H2,(H,24,27)(H2,23,25,28). The summed E-state index contributed by atoms with van der Waals surface area (Å²) in [6.45, 7) is 1.14. The molecule has 0 atom stereocenters. The Morgan fingerprint density at radius 2 is 1.82 bits per heavy atom. The summed E-state index contributed by atoms with van der Waals surface area (Å²) in [5.41, 5.74) is 0.113. The van der Waals surface area contributed by atoms with E-state index in [0.29, 0.717) is 19.0 Å². The number of aromatic nitrogens is 2. The van der Waals surface area contributed by atoms with Crippen LogP contribution in [0.5, 0.6) is 0 Å². The summed E-state index contributed by atoms with van der Waals surface area (Å²) >= 11 is 0. The number of nitrogens with one attached hydrogen (secondary N) is 3. The zero-order valence-corrected chi connectivity index (χ0v) is 15.0. The van der Waals surface area contributed by atoms with E-state index >= 15 is 0 Å². The van der Waals surface area contributed by atoms with E-state index in [-0.39, 0.29) is 18.3 Å². The van der Waals surface area contributed by atoms with E-state index in [1.807, 2.05) is 4.90 Å². The molecule has 0 spiro atoms. The van der Waals surface area contributed by atoms with Crippen LogP contribution in [0.2, 0.25) is 0 Å². The molecule has 3 amide bonds. The first-order chi connectivity index (χ1) is 13.5. The Kier molecular flexibility index (Phi) is 6.30. The minimum absolute atomic E-state index is 0.0192. The number of amides is 3. The first-order valence-corrected chi connectivity index (χ1v) is 8.82. The average Bonchev–Trinajstić information content (AvgIpc) is 2.70. The Bertz CT molecular complexity index is 828. The first-order valence-electron chi connectivity index (χ1n) is 8.82. The lowest BCUT2D eigenvalue weighted by Gasteiger charge is -2.32. The third-order valence-corrected chi connectivity index (χ3v) is 4.28. The highest BCUT2D eigenvalue weighted by atomic mass is 19.2. The highest BCUT2D eigenvalue weighted by Gasteiger charge is 2.22. The van der Waals surface area contributed by atoms with Crippen LogP contribution in [-0.2, 0) is 4.79 Å². The largest absolute Gasteiger partial charge is 0.341 e. The van der Waals surface area contributed by atoms with Crippen molar-refractivity contribution in [1.82, 2.24) is 20.6 Å².